The molecule has 3 atom stereocenters. The van der Waals surface area contributed by atoms with E-state index in [9.17, 15) is 5.11 Å². The molecule has 1 aliphatic rings. The standard InChI is InChI=1S/C20H32O/c1-12(2)16-9-7-14(5)11-18(16)19-15(6)8-10-17(13(3)4)20(19)21/h8,10,12-14,16,18,21H,7,9,11H2,1-6H3. The van der Waals surface area contributed by atoms with E-state index in [-0.39, 0.29) is 0 Å². The highest BCUT2D eigenvalue weighted by Gasteiger charge is 2.34. The molecule has 1 saturated carbocycles. The van der Waals surface area contributed by atoms with Crippen molar-refractivity contribution < 1.29 is 5.11 Å². The van der Waals surface area contributed by atoms with Crippen molar-refractivity contribution in [2.24, 2.45) is 17.8 Å². The molecule has 0 spiro atoms. The van der Waals surface area contributed by atoms with Gasteiger partial charge in [0.2, 0.25) is 0 Å². The molecule has 21 heavy (non-hydrogen) atoms. The van der Waals surface area contributed by atoms with Gasteiger partial charge in [0.15, 0.2) is 0 Å². The zero-order valence-electron chi connectivity index (χ0n) is 14.6. The first-order valence-corrected chi connectivity index (χ1v) is 8.65. The highest BCUT2D eigenvalue weighted by atomic mass is 16.3. The Morgan fingerprint density at radius 2 is 1.76 bits per heavy atom. The van der Waals surface area contributed by atoms with E-state index in [1.165, 1.54) is 30.4 Å². The molecule has 3 unspecified atom stereocenters. The lowest BCUT2D eigenvalue weighted by Gasteiger charge is -2.39. The first-order valence-electron chi connectivity index (χ1n) is 8.65. The van der Waals surface area contributed by atoms with Crippen LogP contribution in [0.15, 0.2) is 12.1 Å². The number of aryl methyl sites for hydroxylation is 1. The molecule has 0 aromatic heterocycles. The monoisotopic (exact) mass is 288 g/mol. The third kappa shape index (κ3) is 3.27. The maximum atomic E-state index is 10.9. The molecule has 1 fully saturated rings. The Kier molecular flexibility index (Phi) is 5.01. The van der Waals surface area contributed by atoms with Gasteiger partial charge in [-0.05, 0) is 60.5 Å². The first-order chi connectivity index (χ1) is 9.82. The quantitative estimate of drug-likeness (QED) is 0.723. The van der Waals surface area contributed by atoms with Crippen LogP contribution in [0.2, 0.25) is 0 Å². The summed E-state index contributed by atoms with van der Waals surface area (Å²) in [5, 5.41) is 10.9. The van der Waals surface area contributed by atoms with Gasteiger partial charge in [0, 0.05) is 5.56 Å². The molecule has 0 radical (unpaired) electrons. The fourth-order valence-electron chi connectivity index (χ4n) is 4.19. The molecule has 0 heterocycles. The molecule has 0 amide bonds. The van der Waals surface area contributed by atoms with E-state index in [1.807, 2.05) is 0 Å². The van der Waals surface area contributed by atoms with Gasteiger partial charge in [0.05, 0.1) is 0 Å². The first kappa shape index (κ1) is 16.4. The van der Waals surface area contributed by atoms with E-state index >= 15 is 0 Å². The summed E-state index contributed by atoms with van der Waals surface area (Å²) in [5.41, 5.74) is 3.62. The summed E-state index contributed by atoms with van der Waals surface area (Å²) in [4.78, 5) is 0. The average Bonchev–Trinajstić information content (AvgIpc) is 2.38. The predicted molar refractivity (Wildman–Crippen MR) is 91.0 cm³/mol. The minimum Gasteiger partial charge on any atom is -0.507 e. The highest BCUT2D eigenvalue weighted by Crippen LogP contribution is 2.48. The maximum absolute atomic E-state index is 10.9. The molecule has 0 saturated heterocycles. The second-order valence-electron chi connectivity index (χ2n) is 7.82. The van der Waals surface area contributed by atoms with E-state index in [2.05, 4.69) is 53.7 Å². The number of hydrogen-bond donors (Lipinski definition) is 1. The number of phenols is 1. The van der Waals surface area contributed by atoms with Crippen LogP contribution in [0.3, 0.4) is 0 Å². The fourth-order valence-corrected chi connectivity index (χ4v) is 4.19. The summed E-state index contributed by atoms with van der Waals surface area (Å²) in [6.07, 6.45) is 3.86. The molecule has 2 rings (SSSR count). The fraction of sp³-hybridized carbons (Fsp3) is 0.700. The van der Waals surface area contributed by atoms with Crippen LogP contribution in [0, 0.1) is 24.7 Å². The number of benzene rings is 1. The summed E-state index contributed by atoms with van der Waals surface area (Å²) in [5.74, 6) is 3.63. The maximum Gasteiger partial charge on any atom is 0.122 e. The lowest BCUT2D eigenvalue weighted by atomic mass is 9.66. The number of phenolic OH excluding ortho intramolecular Hbond substituents is 1. The van der Waals surface area contributed by atoms with Crippen molar-refractivity contribution >= 4 is 0 Å². The van der Waals surface area contributed by atoms with Crippen molar-refractivity contribution in [1.82, 2.24) is 0 Å². The Bertz CT molecular complexity index is 487. The van der Waals surface area contributed by atoms with Crippen molar-refractivity contribution in [3.8, 4) is 5.75 Å². The zero-order valence-corrected chi connectivity index (χ0v) is 14.6. The summed E-state index contributed by atoms with van der Waals surface area (Å²) in [6, 6.07) is 4.32. The Morgan fingerprint density at radius 1 is 1.10 bits per heavy atom. The van der Waals surface area contributed by atoms with Crippen molar-refractivity contribution in [2.45, 2.75) is 72.6 Å². The lowest BCUT2D eigenvalue weighted by Crippen LogP contribution is -2.26. The smallest absolute Gasteiger partial charge is 0.122 e. The molecular formula is C20H32O. The van der Waals surface area contributed by atoms with Crippen LogP contribution < -0.4 is 0 Å². The summed E-state index contributed by atoms with van der Waals surface area (Å²) < 4.78 is 0. The van der Waals surface area contributed by atoms with Crippen molar-refractivity contribution in [3.05, 3.63) is 28.8 Å². The van der Waals surface area contributed by atoms with Crippen molar-refractivity contribution in [3.63, 3.8) is 0 Å². The van der Waals surface area contributed by atoms with Gasteiger partial charge in [-0.2, -0.15) is 0 Å². The van der Waals surface area contributed by atoms with Gasteiger partial charge in [0.1, 0.15) is 5.75 Å². The Labute approximate surface area is 130 Å². The van der Waals surface area contributed by atoms with Gasteiger partial charge < -0.3 is 5.11 Å². The molecule has 1 aromatic rings. The summed E-state index contributed by atoms with van der Waals surface area (Å²) in [6.45, 7) is 13.5. The molecule has 1 heteroatoms. The van der Waals surface area contributed by atoms with E-state index in [0.717, 1.165) is 11.5 Å². The van der Waals surface area contributed by atoms with Crippen LogP contribution in [0.5, 0.6) is 5.75 Å². The van der Waals surface area contributed by atoms with Gasteiger partial charge in [0.25, 0.3) is 0 Å². The summed E-state index contributed by atoms with van der Waals surface area (Å²) in [7, 11) is 0. The summed E-state index contributed by atoms with van der Waals surface area (Å²) >= 11 is 0. The molecule has 1 aromatic carbocycles. The molecule has 0 bridgehead atoms. The number of rotatable bonds is 3. The van der Waals surface area contributed by atoms with Crippen molar-refractivity contribution in [1.29, 1.82) is 0 Å². The topological polar surface area (TPSA) is 20.2 Å². The Balaban J connectivity index is 2.49. The van der Waals surface area contributed by atoms with Crippen LogP contribution in [-0.2, 0) is 0 Å². The number of hydrogen-bond acceptors (Lipinski definition) is 1. The van der Waals surface area contributed by atoms with Crippen LogP contribution in [0.4, 0.5) is 0 Å². The predicted octanol–water partition coefficient (Wildman–Crippen LogP) is 6.00. The van der Waals surface area contributed by atoms with Crippen LogP contribution in [0.25, 0.3) is 0 Å². The highest BCUT2D eigenvalue weighted by molar-refractivity contribution is 5.49. The van der Waals surface area contributed by atoms with E-state index in [1.54, 1.807) is 0 Å². The Hall–Kier alpha value is -0.980. The SMILES string of the molecule is Cc1ccc(C(C)C)c(O)c1C1CC(C)CCC1C(C)C. The Morgan fingerprint density at radius 3 is 2.33 bits per heavy atom. The third-order valence-corrected chi connectivity index (χ3v) is 5.48. The van der Waals surface area contributed by atoms with Crippen molar-refractivity contribution in [2.75, 3.05) is 0 Å². The molecule has 0 aliphatic heterocycles. The largest absolute Gasteiger partial charge is 0.507 e. The lowest BCUT2D eigenvalue weighted by molar-refractivity contribution is 0.194. The van der Waals surface area contributed by atoms with Crippen LogP contribution in [-0.4, -0.2) is 5.11 Å². The van der Waals surface area contributed by atoms with E-state index in [4.69, 9.17) is 0 Å². The van der Waals surface area contributed by atoms with E-state index in [0.29, 0.717) is 29.4 Å². The molecule has 1 aliphatic carbocycles. The average molecular weight is 288 g/mol. The van der Waals surface area contributed by atoms with Gasteiger partial charge in [-0.15, -0.1) is 0 Å². The van der Waals surface area contributed by atoms with Crippen LogP contribution >= 0.6 is 0 Å². The van der Waals surface area contributed by atoms with Crippen LogP contribution in [0.1, 0.15) is 82.4 Å². The second-order valence-corrected chi connectivity index (χ2v) is 7.82. The molecule has 118 valence electrons. The normalized spacial score (nSPS) is 26.6. The van der Waals surface area contributed by atoms with Gasteiger partial charge in [-0.1, -0.05) is 53.2 Å². The molecular weight excluding hydrogens is 256 g/mol. The minimum atomic E-state index is 0.378. The zero-order chi connectivity index (χ0) is 15.7. The van der Waals surface area contributed by atoms with Gasteiger partial charge in [-0.3, -0.25) is 0 Å². The second kappa shape index (κ2) is 6.42. The third-order valence-electron chi connectivity index (χ3n) is 5.48. The number of aromatic hydroxyl groups is 1. The molecule has 1 nitrogen and oxygen atoms in total. The van der Waals surface area contributed by atoms with Gasteiger partial charge in [-0.25, -0.2) is 0 Å². The minimum absolute atomic E-state index is 0.378. The van der Waals surface area contributed by atoms with Gasteiger partial charge >= 0.3 is 0 Å². The molecule has 1 N–H and O–H groups in total. The van der Waals surface area contributed by atoms with E-state index < -0.39 is 0 Å².